The van der Waals surface area contributed by atoms with Gasteiger partial charge in [0.05, 0.1) is 18.7 Å². The fraction of sp³-hybridized carbons (Fsp3) is 0.500. The average molecular weight is 304 g/mol. The van der Waals surface area contributed by atoms with Crippen LogP contribution in [0, 0.1) is 0 Å². The van der Waals surface area contributed by atoms with Crippen LogP contribution in [0.15, 0.2) is 29.3 Å². The molecule has 0 radical (unpaired) electrons. The van der Waals surface area contributed by atoms with Crippen molar-refractivity contribution in [3.8, 4) is 0 Å². The van der Waals surface area contributed by atoms with Crippen molar-refractivity contribution in [1.29, 1.82) is 0 Å². The minimum absolute atomic E-state index is 0.0259. The highest BCUT2D eigenvalue weighted by atomic mass is 32.2. The van der Waals surface area contributed by atoms with Gasteiger partial charge in [0.1, 0.15) is 0 Å². The molecule has 2 aliphatic rings. The molecule has 5 heteroatoms. The quantitative estimate of drug-likeness (QED) is 0.872. The topological polar surface area (TPSA) is 64.7 Å². The summed E-state index contributed by atoms with van der Waals surface area (Å²) in [5, 5.41) is 0.690. The van der Waals surface area contributed by atoms with Crippen LogP contribution < -0.4 is 5.73 Å². The van der Waals surface area contributed by atoms with E-state index < -0.39 is 0 Å². The fourth-order valence-corrected chi connectivity index (χ4v) is 4.49. The van der Waals surface area contributed by atoms with Crippen molar-refractivity contribution in [3.63, 3.8) is 0 Å². The molecule has 1 unspecified atom stereocenters. The summed E-state index contributed by atoms with van der Waals surface area (Å²) in [7, 11) is 1.42. The molecule has 0 saturated heterocycles. The highest BCUT2D eigenvalue weighted by molar-refractivity contribution is 8.14. The summed E-state index contributed by atoms with van der Waals surface area (Å²) in [5.74, 6) is 0.655. The molecule has 1 aromatic rings. The lowest BCUT2D eigenvalue weighted by Crippen LogP contribution is -2.36. The maximum Gasteiger partial charge on any atom is 0.337 e. The summed E-state index contributed by atoms with van der Waals surface area (Å²) in [5.41, 5.74) is 7.71. The van der Waals surface area contributed by atoms with Gasteiger partial charge in [0.25, 0.3) is 0 Å². The maximum atomic E-state index is 11.8. The second-order valence-electron chi connectivity index (χ2n) is 5.73. The zero-order valence-corrected chi connectivity index (χ0v) is 13.0. The number of ether oxygens (including phenoxy) is 1. The standard InChI is InChI=1S/C16H20N2O2S/c1-20-14(19)11-5-4-6-12(9-11)16(7-2-3-8-16)13-10-21-15(17)18-13/h4-6,9,13H,2-3,7-8,10H2,1H3,(H2,17,18). The summed E-state index contributed by atoms with van der Waals surface area (Å²) < 4.78 is 4.84. The van der Waals surface area contributed by atoms with Crippen molar-refractivity contribution in [2.24, 2.45) is 10.7 Å². The second kappa shape index (κ2) is 5.72. The molecule has 4 nitrogen and oxygen atoms in total. The zero-order chi connectivity index (χ0) is 14.9. The summed E-state index contributed by atoms with van der Waals surface area (Å²) >= 11 is 1.64. The van der Waals surface area contributed by atoms with E-state index in [0.29, 0.717) is 10.7 Å². The number of hydrogen-bond acceptors (Lipinski definition) is 5. The molecule has 1 heterocycles. The third-order valence-electron chi connectivity index (χ3n) is 4.66. The van der Waals surface area contributed by atoms with E-state index in [2.05, 4.69) is 11.1 Å². The Morgan fingerprint density at radius 2 is 2.19 bits per heavy atom. The molecular weight excluding hydrogens is 284 g/mol. The number of benzene rings is 1. The third-order valence-corrected chi connectivity index (χ3v) is 5.55. The molecule has 1 atom stereocenters. The summed E-state index contributed by atoms with van der Waals surface area (Å²) in [6.07, 6.45) is 4.64. The van der Waals surface area contributed by atoms with Gasteiger partial charge in [-0.15, -0.1) is 0 Å². The molecule has 1 aliphatic carbocycles. The van der Waals surface area contributed by atoms with Gasteiger partial charge < -0.3 is 10.5 Å². The minimum Gasteiger partial charge on any atom is -0.465 e. The summed E-state index contributed by atoms with van der Waals surface area (Å²) in [4.78, 5) is 16.4. The van der Waals surface area contributed by atoms with Gasteiger partial charge in [-0.3, -0.25) is 4.99 Å². The smallest absolute Gasteiger partial charge is 0.337 e. The number of nitrogens with zero attached hydrogens (tertiary/aromatic N) is 1. The zero-order valence-electron chi connectivity index (χ0n) is 12.2. The first-order valence-electron chi connectivity index (χ1n) is 7.31. The minimum atomic E-state index is -0.284. The first kappa shape index (κ1) is 14.4. The largest absolute Gasteiger partial charge is 0.465 e. The van der Waals surface area contributed by atoms with Crippen molar-refractivity contribution in [2.75, 3.05) is 12.9 Å². The SMILES string of the molecule is COC(=O)c1cccc(C2(C3CSC(N)=N3)CCCC2)c1. The van der Waals surface area contributed by atoms with E-state index in [4.69, 9.17) is 10.5 Å². The van der Waals surface area contributed by atoms with E-state index >= 15 is 0 Å². The number of carbonyl (C=O) groups excluding carboxylic acids is 1. The van der Waals surface area contributed by atoms with Crippen LogP contribution in [0.4, 0.5) is 0 Å². The van der Waals surface area contributed by atoms with Gasteiger partial charge in [-0.05, 0) is 30.5 Å². The number of esters is 1. The van der Waals surface area contributed by atoms with Crippen LogP contribution in [0.3, 0.4) is 0 Å². The monoisotopic (exact) mass is 304 g/mol. The van der Waals surface area contributed by atoms with Gasteiger partial charge in [0.15, 0.2) is 5.17 Å². The number of hydrogen-bond donors (Lipinski definition) is 1. The van der Waals surface area contributed by atoms with Gasteiger partial charge >= 0.3 is 5.97 Å². The number of thioether (sulfide) groups is 1. The Kier molecular flexibility index (Phi) is 3.93. The number of nitrogens with two attached hydrogens (primary N) is 1. The molecule has 21 heavy (non-hydrogen) atoms. The van der Waals surface area contributed by atoms with Crippen molar-refractivity contribution in [2.45, 2.75) is 37.1 Å². The molecule has 3 rings (SSSR count). The fourth-order valence-electron chi connectivity index (χ4n) is 3.57. The van der Waals surface area contributed by atoms with E-state index in [9.17, 15) is 4.79 Å². The molecular formula is C16H20N2O2S. The lowest BCUT2D eigenvalue weighted by molar-refractivity contribution is 0.0600. The molecule has 2 N–H and O–H groups in total. The molecule has 1 aromatic carbocycles. The Hall–Kier alpha value is -1.49. The normalized spacial score (nSPS) is 23.9. The van der Waals surface area contributed by atoms with E-state index in [1.54, 1.807) is 17.8 Å². The van der Waals surface area contributed by atoms with E-state index in [-0.39, 0.29) is 17.4 Å². The molecule has 0 aromatic heterocycles. The Labute approximate surface area is 129 Å². The summed E-state index contributed by atoms with van der Waals surface area (Å²) in [6.45, 7) is 0. The Morgan fingerprint density at radius 3 is 2.81 bits per heavy atom. The van der Waals surface area contributed by atoms with Crippen molar-refractivity contribution >= 4 is 22.9 Å². The molecule has 0 bridgehead atoms. The van der Waals surface area contributed by atoms with Crippen LogP contribution in [-0.2, 0) is 10.2 Å². The number of rotatable bonds is 3. The Balaban J connectivity index is 2.00. The highest BCUT2D eigenvalue weighted by Gasteiger charge is 2.44. The van der Waals surface area contributed by atoms with E-state index in [0.717, 1.165) is 18.6 Å². The number of amidine groups is 1. The van der Waals surface area contributed by atoms with Crippen LogP contribution in [-0.4, -0.2) is 30.0 Å². The van der Waals surface area contributed by atoms with E-state index in [1.165, 1.54) is 25.5 Å². The Bertz CT molecular complexity index is 579. The number of aliphatic imine (C=N–C) groups is 1. The average Bonchev–Trinajstić information content (AvgIpc) is 3.16. The predicted octanol–water partition coefficient (Wildman–Crippen LogP) is 2.72. The Morgan fingerprint density at radius 1 is 1.43 bits per heavy atom. The molecule has 0 spiro atoms. The number of methoxy groups -OCH3 is 1. The summed E-state index contributed by atoms with van der Waals surface area (Å²) in [6, 6.07) is 8.06. The molecule has 1 aliphatic heterocycles. The van der Waals surface area contributed by atoms with Crippen LogP contribution in [0.5, 0.6) is 0 Å². The molecule has 0 amide bonds. The van der Waals surface area contributed by atoms with Gasteiger partial charge in [-0.25, -0.2) is 4.79 Å². The third kappa shape index (κ3) is 2.55. The van der Waals surface area contributed by atoms with Crippen molar-refractivity contribution < 1.29 is 9.53 Å². The second-order valence-corrected chi connectivity index (χ2v) is 6.77. The lowest BCUT2D eigenvalue weighted by atomic mass is 9.73. The molecule has 112 valence electrons. The number of carbonyl (C=O) groups is 1. The van der Waals surface area contributed by atoms with Crippen molar-refractivity contribution in [3.05, 3.63) is 35.4 Å². The highest BCUT2D eigenvalue weighted by Crippen LogP contribution is 2.47. The first-order chi connectivity index (χ1) is 10.2. The van der Waals surface area contributed by atoms with Gasteiger partial charge in [0, 0.05) is 11.2 Å². The van der Waals surface area contributed by atoms with Crippen LogP contribution in [0.2, 0.25) is 0 Å². The van der Waals surface area contributed by atoms with Gasteiger partial charge in [-0.1, -0.05) is 36.7 Å². The van der Waals surface area contributed by atoms with Crippen LogP contribution >= 0.6 is 11.8 Å². The van der Waals surface area contributed by atoms with Crippen LogP contribution in [0.1, 0.15) is 41.6 Å². The van der Waals surface area contributed by atoms with Gasteiger partial charge in [-0.2, -0.15) is 0 Å². The molecule has 1 fully saturated rings. The van der Waals surface area contributed by atoms with E-state index in [1.807, 2.05) is 12.1 Å². The van der Waals surface area contributed by atoms with Crippen LogP contribution in [0.25, 0.3) is 0 Å². The molecule has 1 saturated carbocycles. The first-order valence-corrected chi connectivity index (χ1v) is 8.29. The van der Waals surface area contributed by atoms with Gasteiger partial charge in [0.2, 0.25) is 0 Å². The lowest BCUT2D eigenvalue weighted by Gasteiger charge is -2.34. The van der Waals surface area contributed by atoms with Crippen molar-refractivity contribution in [1.82, 2.24) is 0 Å². The predicted molar refractivity (Wildman–Crippen MR) is 85.8 cm³/mol. The maximum absolute atomic E-state index is 11.8.